The number of anilines is 3. The van der Waals surface area contributed by atoms with E-state index in [1.54, 1.807) is 54.8 Å². The summed E-state index contributed by atoms with van der Waals surface area (Å²) in [5.41, 5.74) is 2.11. The van der Waals surface area contributed by atoms with Gasteiger partial charge in [0.2, 0.25) is 5.91 Å². The van der Waals surface area contributed by atoms with Crippen molar-refractivity contribution < 1.29 is 23.2 Å². The van der Waals surface area contributed by atoms with Crippen LogP contribution in [0.15, 0.2) is 69.2 Å². The van der Waals surface area contributed by atoms with Gasteiger partial charge >= 0.3 is 6.03 Å². The van der Waals surface area contributed by atoms with Gasteiger partial charge in [0.25, 0.3) is 5.91 Å². The summed E-state index contributed by atoms with van der Waals surface area (Å²) in [6.07, 6.45) is 3.03. The summed E-state index contributed by atoms with van der Waals surface area (Å²) in [6.45, 7) is 1.98. The number of aromatic nitrogens is 1. The van der Waals surface area contributed by atoms with Gasteiger partial charge in [-0.05, 0) is 49.4 Å². The van der Waals surface area contributed by atoms with Crippen molar-refractivity contribution in [2.24, 2.45) is 0 Å². The molecule has 0 aliphatic carbocycles. The Morgan fingerprint density at radius 1 is 0.941 bits per heavy atom. The zero-order valence-electron chi connectivity index (χ0n) is 18.1. The monoisotopic (exact) mass is 479 g/mol. The van der Waals surface area contributed by atoms with Crippen LogP contribution < -0.4 is 21.3 Å². The highest BCUT2D eigenvalue weighted by Gasteiger charge is 2.14. The molecule has 0 unspecified atom stereocenters. The van der Waals surface area contributed by atoms with Crippen molar-refractivity contribution >= 4 is 45.7 Å². The van der Waals surface area contributed by atoms with Gasteiger partial charge in [-0.15, -0.1) is 11.3 Å². The van der Waals surface area contributed by atoms with Crippen molar-refractivity contribution in [3.05, 3.63) is 83.1 Å². The van der Waals surface area contributed by atoms with Crippen LogP contribution in [0.5, 0.6) is 0 Å². The van der Waals surface area contributed by atoms with Crippen LogP contribution in [0.4, 0.5) is 21.3 Å². The second-order valence-corrected chi connectivity index (χ2v) is 8.04. The van der Waals surface area contributed by atoms with Crippen molar-refractivity contribution in [3.63, 3.8) is 0 Å². The molecule has 1 aromatic carbocycles. The minimum absolute atomic E-state index is 0.0479. The number of benzene rings is 1. The van der Waals surface area contributed by atoms with Crippen molar-refractivity contribution in [1.29, 1.82) is 0 Å². The third-order valence-corrected chi connectivity index (χ3v) is 5.45. The van der Waals surface area contributed by atoms with E-state index in [4.69, 9.17) is 8.83 Å². The van der Waals surface area contributed by atoms with Crippen LogP contribution in [0.25, 0.3) is 0 Å². The lowest BCUT2D eigenvalue weighted by Gasteiger charge is -2.08. The molecule has 174 valence electrons. The predicted molar refractivity (Wildman–Crippen MR) is 127 cm³/mol. The normalized spacial score (nSPS) is 10.5. The van der Waals surface area contributed by atoms with E-state index in [-0.39, 0.29) is 30.8 Å². The van der Waals surface area contributed by atoms with Crippen molar-refractivity contribution in [2.75, 3.05) is 16.0 Å². The number of carbonyl (C=O) groups is 3. The number of nitrogens with zero attached hydrogens (tertiary/aromatic N) is 1. The second kappa shape index (κ2) is 10.5. The topological polar surface area (TPSA) is 138 Å². The molecule has 0 atom stereocenters. The van der Waals surface area contributed by atoms with Gasteiger partial charge in [0.15, 0.2) is 5.13 Å². The summed E-state index contributed by atoms with van der Waals surface area (Å²) in [7, 11) is 0. The van der Waals surface area contributed by atoms with E-state index in [1.165, 1.54) is 23.9 Å². The Balaban J connectivity index is 1.23. The van der Waals surface area contributed by atoms with Crippen LogP contribution in [-0.4, -0.2) is 22.8 Å². The first kappa shape index (κ1) is 22.8. The molecule has 0 bridgehead atoms. The largest absolute Gasteiger partial charge is 0.469 e. The summed E-state index contributed by atoms with van der Waals surface area (Å²) < 4.78 is 10.3. The Morgan fingerprint density at radius 3 is 2.38 bits per heavy atom. The summed E-state index contributed by atoms with van der Waals surface area (Å²) in [5, 5.41) is 13.0. The number of nitrogens with one attached hydrogen (secondary N) is 4. The highest BCUT2D eigenvalue weighted by Crippen LogP contribution is 2.19. The van der Waals surface area contributed by atoms with E-state index >= 15 is 0 Å². The number of hydrogen-bond donors (Lipinski definition) is 4. The third-order valence-electron chi connectivity index (χ3n) is 4.65. The molecular formula is C23H21N5O5S. The highest BCUT2D eigenvalue weighted by molar-refractivity contribution is 7.14. The molecule has 0 fully saturated rings. The zero-order chi connectivity index (χ0) is 23.9. The van der Waals surface area contributed by atoms with Crippen molar-refractivity contribution in [3.8, 4) is 0 Å². The third kappa shape index (κ3) is 6.11. The zero-order valence-corrected chi connectivity index (χ0v) is 18.9. The summed E-state index contributed by atoms with van der Waals surface area (Å²) in [5.74, 6) is 0.589. The molecule has 0 saturated heterocycles. The molecule has 3 heterocycles. The number of hydrogen-bond acceptors (Lipinski definition) is 7. The van der Waals surface area contributed by atoms with Crippen LogP contribution in [0.2, 0.25) is 0 Å². The molecule has 4 aromatic rings. The summed E-state index contributed by atoms with van der Waals surface area (Å²) in [4.78, 5) is 40.8. The Morgan fingerprint density at radius 2 is 1.71 bits per heavy atom. The Kier molecular flexibility index (Phi) is 7.04. The Labute approximate surface area is 198 Å². The molecule has 0 saturated carbocycles. The number of urea groups is 1. The van der Waals surface area contributed by atoms with E-state index in [1.807, 2.05) is 0 Å². The van der Waals surface area contributed by atoms with Gasteiger partial charge in [0, 0.05) is 16.8 Å². The smallest absolute Gasteiger partial charge is 0.319 e. The lowest BCUT2D eigenvalue weighted by atomic mass is 10.2. The minimum atomic E-state index is -0.373. The lowest BCUT2D eigenvalue weighted by Crippen LogP contribution is -2.27. The maximum Gasteiger partial charge on any atom is 0.319 e. The molecular weight excluding hydrogens is 458 g/mol. The molecule has 0 aliphatic heterocycles. The van der Waals surface area contributed by atoms with E-state index < -0.39 is 0 Å². The van der Waals surface area contributed by atoms with Crippen molar-refractivity contribution in [2.45, 2.75) is 19.9 Å². The molecule has 4 amide bonds. The molecule has 0 spiro atoms. The second-order valence-electron chi connectivity index (χ2n) is 7.18. The Bertz CT molecular complexity index is 1280. The SMILES string of the molecule is Cc1occc1C(=O)Nc1nc(CC(=O)Nc2ccc(NC(=O)NCc3ccco3)cc2)cs1. The van der Waals surface area contributed by atoms with Gasteiger partial charge in [-0.3, -0.25) is 14.9 Å². The summed E-state index contributed by atoms with van der Waals surface area (Å²) >= 11 is 1.23. The van der Waals surface area contributed by atoms with Crippen LogP contribution in [-0.2, 0) is 17.8 Å². The molecule has 11 heteroatoms. The molecule has 4 N–H and O–H groups in total. The number of carbonyl (C=O) groups excluding carboxylic acids is 3. The fraction of sp³-hybridized carbons (Fsp3) is 0.130. The standard InChI is InChI=1S/C23H21N5O5S/c1-14-19(8-10-32-14)21(30)28-23-27-17(13-34-23)11-20(29)25-15-4-6-16(7-5-15)26-22(31)24-12-18-3-2-9-33-18/h2-10,13H,11-12H2,1H3,(H,25,29)(H2,24,26,31)(H,27,28,30). The molecule has 4 rings (SSSR count). The van der Waals surface area contributed by atoms with Crippen molar-refractivity contribution in [1.82, 2.24) is 10.3 Å². The van der Waals surface area contributed by atoms with E-state index in [0.29, 0.717) is 39.3 Å². The number of rotatable bonds is 8. The fourth-order valence-corrected chi connectivity index (χ4v) is 3.70. The van der Waals surface area contributed by atoms with Gasteiger partial charge in [0.1, 0.15) is 11.5 Å². The van der Waals surface area contributed by atoms with Crippen LogP contribution in [0.1, 0.15) is 27.6 Å². The summed E-state index contributed by atoms with van der Waals surface area (Å²) in [6, 6.07) is 11.4. The average Bonchev–Trinajstić information content (AvgIpc) is 3.56. The van der Waals surface area contributed by atoms with Crippen LogP contribution >= 0.6 is 11.3 Å². The van der Waals surface area contributed by atoms with Gasteiger partial charge in [-0.2, -0.15) is 0 Å². The fourth-order valence-electron chi connectivity index (χ4n) is 2.99. The highest BCUT2D eigenvalue weighted by atomic mass is 32.1. The van der Waals surface area contributed by atoms with Gasteiger partial charge in [-0.1, -0.05) is 0 Å². The number of furan rings is 2. The average molecular weight is 480 g/mol. The lowest BCUT2D eigenvalue weighted by molar-refractivity contribution is -0.115. The van der Waals surface area contributed by atoms with Gasteiger partial charge < -0.3 is 24.8 Å². The number of thiazole rings is 1. The number of amides is 4. The maximum absolute atomic E-state index is 12.4. The predicted octanol–water partition coefficient (Wildman–Crippen LogP) is 4.39. The van der Waals surface area contributed by atoms with E-state index in [9.17, 15) is 14.4 Å². The van der Waals surface area contributed by atoms with Crippen LogP contribution in [0.3, 0.4) is 0 Å². The maximum atomic E-state index is 12.4. The Hall–Kier alpha value is -4.38. The van der Waals surface area contributed by atoms with Gasteiger partial charge in [-0.25, -0.2) is 9.78 Å². The van der Waals surface area contributed by atoms with Crippen LogP contribution in [0, 0.1) is 6.92 Å². The quantitative estimate of drug-likeness (QED) is 0.296. The van der Waals surface area contributed by atoms with Gasteiger partial charge in [0.05, 0.1) is 36.7 Å². The van der Waals surface area contributed by atoms with E-state index in [0.717, 1.165) is 0 Å². The molecule has 3 aromatic heterocycles. The molecule has 10 nitrogen and oxygen atoms in total. The first-order chi connectivity index (χ1) is 16.5. The van der Waals surface area contributed by atoms with E-state index in [2.05, 4.69) is 26.3 Å². The minimum Gasteiger partial charge on any atom is -0.469 e. The molecule has 0 aliphatic rings. The molecule has 34 heavy (non-hydrogen) atoms. The first-order valence-corrected chi connectivity index (χ1v) is 11.1. The number of aryl methyl sites for hydroxylation is 1. The molecule has 0 radical (unpaired) electrons. The first-order valence-electron chi connectivity index (χ1n) is 10.2.